The van der Waals surface area contributed by atoms with Gasteiger partial charge in [0.05, 0.1) is 10.7 Å². The summed E-state index contributed by atoms with van der Waals surface area (Å²) in [5.41, 5.74) is 0.100. The van der Waals surface area contributed by atoms with Crippen molar-refractivity contribution in [1.29, 1.82) is 0 Å². The van der Waals surface area contributed by atoms with Gasteiger partial charge in [0.25, 0.3) is 0 Å². The van der Waals surface area contributed by atoms with Gasteiger partial charge in [-0.25, -0.2) is 14.6 Å². The van der Waals surface area contributed by atoms with E-state index in [-0.39, 0.29) is 5.69 Å². The predicted octanol–water partition coefficient (Wildman–Crippen LogP) is 0.366. The van der Waals surface area contributed by atoms with E-state index in [2.05, 4.69) is 36.3 Å². The van der Waals surface area contributed by atoms with Crippen LogP contribution in [0.1, 0.15) is 0 Å². The smallest absolute Gasteiger partial charge is 0.244 e. The largest absolute Gasteiger partial charge is 0.364 e. The number of halogens is 1. The molecule has 0 aromatic carbocycles. The minimum Gasteiger partial charge on any atom is -0.244 e. The van der Waals surface area contributed by atoms with Crippen molar-refractivity contribution in [3.63, 3.8) is 0 Å². The number of hydrogen-bond donors (Lipinski definition) is 1. The summed E-state index contributed by atoms with van der Waals surface area (Å²) in [7, 11) is 0. The lowest BCUT2D eigenvalue weighted by Crippen LogP contribution is -2.14. The van der Waals surface area contributed by atoms with E-state index in [1.807, 2.05) is 0 Å². The second kappa shape index (κ2) is 3.27. The molecule has 0 amide bonds. The molecule has 0 fully saturated rings. The Morgan fingerprint density at radius 1 is 1.38 bits per heavy atom. The number of nitrogens with one attached hydrogen (secondary N) is 1. The molecule has 7 nitrogen and oxygen atoms in total. The maximum atomic E-state index is 11.3. The highest BCUT2D eigenvalue weighted by molar-refractivity contribution is 9.10. The Hall–Kier alpha value is -1.96. The molecule has 0 radical (unpaired) electrons. The molecule has 0 aliphatic heterocycles. The Labute approximate surface area is 96.8 Å². The molecular weight excluding hydrogens is 276 g/mol. The summed E-state index contributed by atoms with van der Waals surface area (Å²) in [6, 6.07) is 3.42. The number of fused-ring (bicyclic) bond motifs is 1. The third-order valence-corrected chi connectivity index (χ3v) is 2.45. The van der Waals surface area contributed by atoms with E-state index in [4.69, 9.17) is 0 Å². The van der Waals surface area contributed by atoms with Gasteiger partial charge in [-0.05, 0) is 28.1 Å². The van der Waals surface area contributed by atoms with Crippen molar-refractivity contribution in [2.75, 3.05) is 0 Å². The molecule has 1 N–H and O–H groups in total. The average Bonchev–Trinajstić information content (AvgIpc) is 2.86. The molecule has 0 saturated heterocycles. The molecule has 16 heavy (non-hydrogen) atoms. The average molecular weight is 281 g/mol. The Kier molecular flexibility index (Phi) is 1.90. The first-order chi connectivity index (χ1) is 7.74. The summed E-state index contributed by atoms with van der Waals surface area (Å²) in [4.78, 5) is 11.3. The number of nitrogens with zero attached hydrogens (tertiary/aromatic N) is 5. The molecule has 0 aliphatic carbocycles. The molecule has 8 heteroatoms. The van der Waals surface area contributed by atoms with Crippen LogP contribution in [-0.2, 0) is 0 Å². The minimum atomic E-state index is -0.372. The summed E-state index contributed by atoms with van der Waals surface area (Å²) in [5, 5.41) is 14.3. The van der Waals surface area contributed by atoms with E-state index in [0.29, 0.717) is 11.5 Å². The summed E-state index contributed by atoms with van der Waals surface area (Å²) in [5.74, 6) is 0.543. The molecule has 0 bridgehead atoms. The van der Waals surface area contributed by atoms with E-state index in [9.17, 15) is 4.79 Å². The van der Waals surface area contributed by atoms with Crippen molar-refractivity contribution < 1.29 is 0 Å². The topological polar surface area (TPSA) is 80.9 Å². The van der Waals surface area contributed by atoms with Crippen LogP contribution >= 0.6 is 15.9 Å². The zero-order valence-electron chi connectivity index (χ0n) is 7.83. The molecule has 0 atom stereocenters. The normalized spacial score (nSPS) is 11.1. The number of aromatic amines is 1. The van der Waals surface area contributed by atoms with Gasteiger partial charge in [0.1, 0.15) is 0 Å². The lowest BCUT2D eigenvalue weighted by Gasteiger charge is -1.98. The van der Waals surface area contributed by atoms with Crippen LogP contribution in [-0.4, -0.2) is 29.6 Å². The van der Waals surface area contributed by atoms with Gasteiger partial charge in [0.15, 0.2) is 11.5 Å². The molecule has 0 aliphatic rings. The number of hydrogen-bond acceptors (Lipinski definition) is 4. The summed E-state index contributed by atoms with van der Waals surface area (Å²) in [6.07, 6.45) is 3.39. The Balaban J connectivity index is 2.25. The van der Waals surface area contributed by atoms with E-state index in [0.717, 1.165) is 4.47 Å². The molecule has 3 aromatic rings. The molecular formula is C8H5BrN6O. The van der Waals surface area contributed by atoms with Crippen LogP contribution in [0, 0.1) is 0 Å². The Bertz CT molecular complexity index is 710. The summed E-state index contributed by atoms with van der Waals surface area (Å²) >= 11 is 3.29. The van der Waals surface area contributed by atoms with Crippen molar-refractivity contribution >= 4 is 21.6 Å². The quantitative estimate of drug-likeness (QED) is 0.698. The molecule has 0 saturated carbocycles. The highest BCUT2D eigenvalue weighted by Crippen LogP contribution is 2.10. The lowest BCUT2D eigenvalue weighted by molar-refractivity contribution is 0.778. The zero-order chi connectivity index (χ0) is 11.1. The van der Waals surface area contributed by atoms with E-state index < -0.39 is 0 Å². The van der Waals surface area contributed by atoms with Gasteiger partial charge in [-0.2, -0.15) is 14.7 Å². The second-order valence-electron chi connectivity index (χ2n) is 3.09. The number of rotatable bonds is 1. The van der Waals surface area contributed by atoms with Crippen molar-refractivity contribution in [2.24, 2.45) is 0 Å². The fraction of sp³-hybridized carbons (Fsp3) is 0. The highest BCUT2D eigenvalue weighted by Gasteiger charge is 2.05. The van der Waals surface area contributed by atoms with Gasteiger partial charge >= 0.3 is 5.69 Å². The number of H-pyrrole nitrogens is 1. The lowest BCUT2D eigenvalue weighted by atomic mass is 10.5. The van der Waals surface area contributed by atoms with Gasteiger partial charge in [0, 0.05) is 6.20 Å². The third-order valence-electron chi connectivity index (χ3n) is 2.05. The first kappa shape index (κ1) is 9.28. The Morgan fingerprint density at radius 3 is 3.00 bits per heavy atom. The van der Waals surface area contributed by atoms with Gasteiger partial charge in [-0.15, -0.1) is 5.10 Å². The van der Waals surface area contributed by atoms with E-state index in [1.54, 1.807) is 29.2 Å². The van der Waals surface area contributed by atoms with Gasteiger partial charge in [0.2, 0.25) is 0 Å². The van der Waals surface area contributed by atoms with Crippen LogP contribution in [0.3, 0.4) is 0 Å². The number of aromatic nitrogens is 6. The van der Waals surface area contributed by atoms with Crippen molar-refractivity contribution in [2.45, 2.75) is 0 Å². The van der Waals surface area contributed by atoms with Crippen molar-refractivity contribution in [3.8, 4) is 5.82 Å². The van der Waals surface area contributed by atoms with Crippen molar-refractivity contribution in [3.05, 3.63) is 39.5 Å². The highest BCUT2D eigenvalue weighted by atomic mass is 79.9. The molecule has 0 spiro atoms. The second-order valence-corrected chi connectivity index (χ2v) is 4.01. The van der Waals surface area contributed by atoms with Crippen LogP contribution in [0.25, 0.3) is 11.5 Å². The molecule has 80 valence electrons. The standard InChI is InChI=1S/C8H5BrN6O/c9-5-3-10-14(4-5)7-2-1-6-11-12-8(16)15(6)13-7/h1-4H,(H,12,16). The Morgan fingerprint density at radius 2 is 2.25 bits per heavy atom. The molecule has 3 aromatic heterocycles. The fourth-order valence-electron chi connectivity index (χ4n) is 1.34. The van der Waals surface area contributed by atoms with E-state index in [1.165, 1.54) is 4.52 Å². The van der Waals surface area contributed by atoms with Crippen LogP contribution in [0.2, 0.25) is 0 Å². The third kappa shape index (κ3) is 1.34. The van der Waals surface area contributed by atoms with Crippen LogP contribution in [0.15, 0.2) is 33.8 Å². The summed E-state index contributed by atoms with van der Waals surface area (Å²) in [6.45, 7) is 0. The van der Waals surface area contributed by atoms with Crippen molar-refractivity contribution in [1.82, 2.24) is 29.6 Å². The SMILES string of the molecule is O=c1[nH]nc2ccc(-n3cc(Br)cn3)nn12. The maximum Gasteiger partial charge on any atom is 0.364 e. The van der Waals surface area contributed by atoms with Crippen LogP contribution < -0.4 is 5.69 Å². The van der Waals surface area contributed by atoms with Gasteiger partial charge < -0.3 is 0 Å². The minimum absolute atomic E-state index is 0.372. The van der Waals surface area contributed by atoms with E-state index >= 15 is 0 Å². The predicted molar refractivity (Wildman–Crippen MR) is 58.4 cm³/mol. The van der Waals surface area contributed by atoms with Crippen LogP contribution in [0.4, 0.5) is 0 Å². The first-order valence-corrected chi connectivity index (χ1v) is 5.18. The van der Waals surface area contributed by atoms with Gasteiger partial charge in [-0.1, -0.05) is 0 Å². The summed E-state index contributed by atoms with van der Waals surface area (Å²) < 4.78 is 3.59. The first-order valence-electron chi connectivity index (χ1n) is 4.39. The van der Waals surface area contributed by atoms with Gasteiger partial charge in [-0.3, -0.25) is 0 Å². The fourth-order valence-corrected chi connectivity index (χ4v) is 1.63. The van der Waals surface area contributed by atoms with Crippen LogP contribution in [0.5, 0.6) is 0 Å². The zero-order valence-corrected chi connectivity index (χ0v) is 9.42. The molecule has 0 unspecified atom stereocenters. The maximum absolute atomic E-state index is 11.3. The monoisotopic (exact) mass is 280 g/mol. The molecule has 3 rings (SSSR count). The molecule has 3 heterocycles.